The number of hydrogen-bond acceptors (Lipinski definition) is 5. The van der Waals surface area contributed by atoms with Crippen LogP contribution in [-0.4, -0.2) is 29.9 Å². The number of nitrogens with zero attached hydrogens (tertiary/aromatic N) is 2. The SMILES string of the molecule is [C-]#[N+]c1ccc(CN(Cc2ccc(C(=O)NC(CCSC)C(=O)[O-])c(-c3ccccc3C)c2)c2ccccc2)cc1.[Li+]. The maximum absolute atomic E-state index is 13.4. The molecule has 208 valence electrons. The summed E-state index contributed by atoms with van der Waals surface area (Å²) in [5.41, 5.74) is 6.81. The first kappa shape index (κ1) is 32.6. The predicted octanol–water partition coefficient (Wildman–Crippen LogP) is 3.03. The van der Waals surface area contributed by atoms with Gasteiger partial charge >= 0.3 is 18.9 Å². The van der Waals surface area contributed by atoms with Crippen LogP contribution < -0.4 is 34.2 Å². The topological polar surface area (TPSA) is 76.8 Å². The van der Waals surface area contributed by atoms with E-state index >= 15 is 0 Å². The van der Waals surface area contributed by atoms with Gasteiger partial charge in [0.1, 0.15) is 0 Å². The normalized spacial score (nSPS) is 11.1. The Kier molecular flexibility index (Phi) is 12.3. The summed E-state index contributed by atoms with van der Waals surface area (Å²) in [6, 6.07) is 30.2. The minimum Gasteiger partial charge on any atom is -0.548 e. The number of para-hydroxylation sites is 1. The molecular weight excluding hydrogens is 537 g/mol. The van der Waals surface area contributed by atoms with E-state index in [9.17, 15) is 14.7 Å². The van der Waals surface area contributed by atoms with Crippen molar-refractivity contribution in [3.8, 4) is 11.1 Å². The van der Waals surface area contributed by atoms with Crippen molar-refractivity contribution in [3.63, 3.8) is 0 Å². The zero-order valence-corrected chi connectivity index (χ0v) is 25.0. The fraction of sp³-hybridized carbons (Fsp3) is 0.206. The number of carbonyl (C=O) groups excluding carboxylic acids is 2. The Morgan fingerprint density at radius 1 is 0.905 bits per heavy atom. The van der Waals surface area contributed by atoms with Crippen molar-refractivity contribution in [1.29, 1.82) is 0 Å². The molecule has 0 saturated carbocycles. The number of carbonyl (C=O) groups is 2. The van der Waals surface area contributed by atoms with Crippen LogP contribution in [0.5, 0.6) is 0 Å². The molecule has 6 nitrogen and oxygen atoms in total. The Hall–Kier alpha value is -3.94. The smallest absolute Gasteiger partial charge is 0.548 e. The third-order valence-corrected chi connectivity index (χ3v) is 7.54. The molecule has 0 heterocycles. The summed E-state index contributed by atoms with van der Waals surface area (Å²) >= 11 is 1.52. The van der Waals surface area contributed by atoms with E-state index in [0.717, 1.165) is 33.5 Å². The summed E-state index contributed by atoms with van der Waals surface area (Å²) in [5, 5.41) is 14.4. The van der Waals surface area contributed by atoms with E-state index in [1.807, 2.05) is 92.0 Å². The van der Waals surface area contributed by atoms with Gasteiger partial charge in [0.15, 0.2) is 5.69 Å². The predicted molar refractivity (Wildman–Crippen MR) is 165 cm³/mol. The summed E-state index contributed by atoms with van der Waals surface area (Å²) in [4.78, 5) is 30.9. The molecule has 0 radical (unpaired) electrons. The van der Waals surface area contributed by atoms with Crippen molar-refractivity contribution in [3.05, 3.63) is 131 Å². The van der Waals surface area contributed by atoms with Crippen molar-refractivity contribution in [2.24, 2.45) is 0 Å². The Morgan fingerprint density at radius 3 is 2.19 bits per heavy atom. The zero-order chi connectivity index (χ0) is 29.2. The van der Waals surface area contributed by atoms with Gasteiger partial charge < -0.3 is 20.1 Å². The first-order valence-electron chi connectivity index (χ1n) is 13.4. The van der Waals surface area contributed by atoms with Crippen molar-refractivity contribution < 1.29 is 33.6 Å². The first-order chi connectivity index (χ1) is 19.9. The summed E-state index contributed by atoms with van der Waals surface area (Å²) in [7, 11) is 0. The second kappa shape index (κ2) is 15.9. The number of aryl methyl sites for hydroxylation is 1. The molecule has 1 atom stereocenters. The van der Waals surface area contributed by atoms with Crippen molar-refractivity contribution in [2.45, 2.75) is 32.5 Å². The van der Waals surface area contributed by atoms with Crippen LogP contribution >= 0.6 is 11.8 Å². The summed E-state index contributed by atoms with van der Waals surface area (Å²) in [6.07, 6.45) is 2.18. The molecule has 0 aromatic heterocycles. The van der Waals surface area contributed by atoms with Gasteiger partial charge in [-0.1, -0.05) is 72.8 Å². The molecular formula is C34H32LiN3O3S. The molecule has 0 aliphatic heterocycles. The summed E-state index contributed by atoms with van der Waals surface area (Å²) in [5.74, 6) is -1.13. The quantitative estimate of drug-likeness (QED) is 0.210. The zero-order valence-electron chi connectivity index (χ0n) is 24.2. The van der Waals surface area contributed by atoms with Crippen LogP contribution in [-0.2, 0) is 17.9 Å². The number of thioether (sulfide) groups is 1. The van der Waals surface area contributed by atoms with E-state index in [4.69, 9.17) is 6.57 Å². The van der Waals surface area contributed by atoms with E-state index < -0.39 is 17.9 Å². The second-order valence-corrected chi connectivity index (χ2v) is 10.8. The molecule has 0 aliphatic carbocycles. The molecule has 1 unspecified atom stereocenters. The fourth-order valence-electron chi connectivity index (χ4n) is 4.70. The number of rotatable bonds is 12. The fourth-order valence-corrected chi connectivity index (χ4v) is 5.17. The molecule has 0 fully saturated rings. The number of benzene rings is 4. The van der Waals surface area contributed by atoms with Gasteiger partial charge in [-0.05, 0) is 77.4 Å². The van der Waals surface area contributed by atoms with E-state index in [-0.39, 0.29) is 25.3 Å². The second-order valence-electron chi connectivity index (χ2n) is 9.79. The number of carboxylic acid groups (broad SMARTS) is 1. The molecule has 8 heteroatoms. The number of aliphatic carboxylic acids is 1. The van der Waals surface area contributed by atoms with Gasteiger partial charge in [0.05, 0.1) is 18.6 Å². The molecule has 1 N–H and O–H groups in total. The average Bonchev–Trinajstić information content (AvgIpc) is 2.99. The maximum atomic E-state index is 13.4. The van der Waals surface area contributed by atoms with Crippen LogP contribution in [0.25, 0.3) is 16.0 Å². The van der Waals surface area contributed by atoms with Gasteiger partial charge in [0.2, 0.25) is 0 Å². The number of amides is 1. The Balaban J connectivity index is 0.00000484. The van der Waals surface area contributed by atoms with Gasteiger partial charge in [-0.25, -0.2) is 4.85 Å². The standard InChI is InChI=1S/C34H33N3O3S.Li/c1-24-9-7-8-12-29(24)31-21-26(15-18-30(31)33(38)36-32(34(39)40)19-20-41-3)23-37(28-10-5-4-6-11-28)22-25-13-16-27(35-2)17-14-25;/h4-18,21,32H,19-20,22-23H2,1,3H3,(H,36,38)(H,39,40);/q;+1/p-1. The van der Waals surface area contributed by atoms with Gasteiger partial charge in [0, 0.05) is 24.3 Å². The number of hydrogen-bond donors (Lipinski definition) is 1. The Labute approximate surface area is 264 Å². The van der Waals surface area contributed by atoms with Crippen LogP contribution in [0, 0.1) is 13.5 Å². The molecule has 4 rings (SSSR count). The Bertz CT molecular complexity index is 1540. The van der Waals surface area contributed by atoms with Crippen LogP contribution in [0.3, 0.4) is 0 Å². The van der Waals surface area contributed by atoms with Crippen LogP contribution in [0.2, 0.25) is 0 Å². The van der Waals surface area contributed by atoms with Crippen molar-refractivity contribution >= 4 is 35.0 Å². The van der Waals surface area contributed by atoms with Gasteiger partial charge in [-0.15, -0.1) is 0 Å². The van der Waals surface area contributed by atoms with Crippen molar-refractivity contribution in [2.75, 3.05) is 16.9 Å². The molecule has 4 aromatic rings. The van der Waals surface area contributed by atoms with E-state index in [0.29, 0.717) is 30.1 Å². The van der Waals surface area contributed by atoms with Crippen LogP contribution in [0.15, 0.2) is 97.1 Å². The van der Waals surface area contributed by atoms with Gasteiger partial charge in [0.25, 0.3) is 5.91 Å². The molecule has 0 spiro atoms. The van der Waals surface area contributed by atoms with E-state index in [1.54, 1.807) is 6.07 Å². The number of nitrogens with one attached hydrogen (secondary N) is 1. The van der Waals surface area contributed by atoms with Gasteiger partial charge in [-0.3, -0.25) is 4.79 Å². The third kappa shape index (κ3) is 8.53. The van der Waals surface area contributed by atoms with Crippen molar-refractivity contribution in [1.82, 2.24) is 5.32 Å². The maximum Gasteiger partial charge on any atom is 1.00 e. The molecule has 1 amide bonds. The third-order valence-electron chi connectivity index (χ3n) is 6.90. The Morgan fingerprint density at radius 2 is 1.55 bits per heavy atom. The van der Waals surface area contributed by atoms with Gasteiger partial charge in [-0.2, -0.15) is 11.8 Å². The average molecular weight is 570 g/mol. The molecule has 0 bridgehead atoms. The molecule has 0 saturated heterocycles. The van der Waals surface area contributed by atoms with E-state index in [1.165, 1.54) is 11.8 Å². The van der Waals surface area contributed by atoms with E-state index in [2.05, 4.69) is 27.2 Å². The number of carboxylic acids is 1. The van der Waals surface area contributed by atoms with Crippen LogP contribution in [0.4, 0.5) is 11.4 Å². The monoisotopic (exact) mass is 569 g/mol. The minimum atomic E-state index is -1.29. The molecule has 4 aromatic carbocycles. The van der Waals surface area contributed by atoms with Crippen LogP contribution in [0.1, 0.15) is 33.5 Å². The number of anilines is 1. The molecule has 42 heavy (non-hydrogen) atoms. The summed E-state index contributed by atoms with van der Waals surface area (Å²) < 4.78 is 0. The molecule has 0 aliphatic rings. The first-order valence-corrected chi connectivity index (χ1v) is 14.7. The summed E-state index contributed by atoms with van der Waals surface area (Å²) in [6.45, 7) is 10.4. The minimum absolute atomic E-state index is 0. The largest absolute Gasteiger partial charge is 1.00 e.